The molecule has 2 rings (SSSR count). The van der Waals surface area contributed by atoms with E-state index < -0.39 is 21.3 Å². The van der Waals surface area contributed by atoms with Crippen LogP contribution in [0.5, 0.6) is 23.0 Å². The van der Waals surface area contributed by atoms with Crippen molar-refractivity contribution in [3.63, 3.8) is 0 Å². The number of phenols is 1. The number of phenolic OH excluding ortho intramolecular Hbond substituents is 1. The molecule has 0 aliphatic heterocycles. The van der Waals surface area contributed by atoms with Crippen LogP contribution in [0.15, 0.2) is 24.3 Å². The molecule has 0 heterocycles. The number of methoxy groups -OCH3 is 3. The second kappa shape index (κ2) is 12.9. The normalized spacial score (nSPS) is 9.17. The van der Waals surface area contributed by atoms with E-state index in [1.54, 1.807) is 0 Å². The quantitative estimate of drug-likeness (QED) is 0.254. The summed E-state index contributed by atoms with van der Waals surface area (Å²) in [6, 6.07) is 4.90. The molecule has 0 saturated heterocycles. The third-order valence-corrected chi connectivity index (χ3v) is 3.57. The SMILES string of the molecule is COc1ccc([N+](=O)[O-])c(C=O)c1O.COc1ccc([N+](=O)[O-])c(C=O)c1OC.[K+]. The minimum absolute atomic E-state index is 0. The molecule has 0 radical (unpaired) electrons. The molecular weight excluding hydrogens is 431 g/mol. The van der Waals surface area contributed by atoms with Gasteiger partial charge in [-0.05, 0) is 12.1 Å². The van der Waals surface area contributed by atoms with Crippen LogP contribution in [0.2, 0.25) is 0 Å². The zero-order chi connectivity index (χ0) is 22.1. The Labute approximate surface area is 212 Å². The molecule has 13 heteroatoms. The van der Waals surface area contributed by atoms with Crippen LogP contribution in [0.4, 0.5) is 11.4 Å². The first-order valence-electron chi connectivity index (χ1n) is 7.61. The van der Waals surface area contributed by atoms with Gasteiger partial charge in [0.05, 0.1) is 31.2 Å². The van der Waals surface area contributed by atoms with Crippen molar-refractivity contribution in [2.45, 2.75) is 0 Å². The Morgan fingerprint density at radius 1 is 0.800 bits per heavy atom. The van der Waals surface area contributed by atoms with Crippen LogP contribution < -0.4 is 65.6 Å². The van der Waals surface area contributed by atoms with Gasteiger partial charge in [0.25, 0.3) is 11.4 Å². The molecule has 0 saturated carbocycles. The van der Waals surface area contributed by atoms with Gasteiger partial charge < -0.3 is 19.3 Å². The number of aldehydes is 2. The van der Waals surface area contributed by atoms with E-state index in [9.17, 15) is 34.9 Å². The smallest absolute Gasteiger partial charge is 0.504 e. The zero-order valence-corrected chi connectivity index (χ0v) is 19.6. The second-order valence-corrected chi connectivity index (χ2v) is 5.03. The minimum atomic E-state index is -0.747. The molecule has 12 nitrogen and oxygen atoms in total. The minimum Gasteiger partial charge on any atom is -0.504 e. The fourth-order valence-electron chi connectivity index (χ4n) is 2.23. The van der Waals surface area contributed by atoms with Gasteiger partial charge in [0.1, 0.15) is 11.1 Å². The Morgan fingerprint density at radius 2 is 1.23 bits per heavy atom. The van der Waals surface area contributed by atoms with Gasteiger partial charge in [-0.25, -0.2) is 0 Å². The van der Waals surface area contributed by atoms with Crippen LogP contribution in [0.1, 0.15) is 20.7 Å². The molecule has 2 aromatic rings. The van der Waals surface area contributed by atoms with E-state index in [2.05, 4.69) is 0 Å². The second-order valence-electron chi connectivity index (χ2n) is 5.03. The predicted molar refractivity (Wildman–Crippen MR) is 98.3 cm³/mol. The van der Waals surface area contributed by atoms with Crippen LogP contribution >= 0.6 is 0 Å². The number of nitro benzene ring substituents is 2. The summed E-state index contributed by atoms with van der Waals surface area (Å²) < 4.78 is 14.5. The summed E-state index contributed by atoms with van der Waals surface area (Å²) in [5.74, 6) is -0.138. The van der Waals surface area contributed by atoms with Crippen molar-refractivity contribution in [2.24, 2.45) is 0 Å². The number of aromatic hydroxyl groups is 1. The molecule has 1 N–H and O–H groups in total. The summed E-state index contributed by atoms with van der Waals surface area (Å²) in [5, 5.41) is 30.4. The fraction of sp³-hybridized carbons (Fsp3) is 0.176. The number of ether oxygens (including phenoxy) is 3. The molecule has 0 aromatic heterocycles. The summed E-state index contributed by atoms with van der Waals surface area (Å²) in [6.07, 6.45) is 0.593. The molecule has 0 bridgehead atoms. The number of hydrogen-bond donors (Lipinski definition) is 1. The maximum absolute atomic E-state index is 10.7. The first kappa shape index (κ1) is 27.4. The van der Waals surface area contributed by atoms with Crippen LogP contribution in [0.3, 0.4) is 0 Å². The zero-order valence-electron chi connectivity index (χ0n) is 16.5. The van der Waals surface area contributed by atoms with Gasteiger partial charge in [-0.15, -0.1) is 0 Å². The molecular formula is C17H16KN2O10+. The Hall–Kier alpha value is -2.58. The first-order valence-corrected chi connectivity index (χ1v) is 7.61. The topological polar surface area (TPSA) is 168 Å². The van der Waals surface area contributed by atoms with Gasteiger partial charge in [-0.2, -0.15) is 0 Å². The van der Waals surface area contributed by atoms with Crippen molar-refractivity contribution >= 4 is 23.9 Å². The number of carbonyl (C=O) groups excluding carboxylic acids is 2. The van der Waals surface area contributed by atoms with Gasteiger partial charge >= 0.3 is 51.4 Å². The molecule has 154 valence electrons. The number of carbonyl (C=O) groups is 2. The Bertz CT molecular complexity index is 949. The Morgan fingerprint density at radius 3 is 1.60 bits per heavy atom. The first-order chi connectivity index (χ1) is 13.8. The van der Waals surface area contributed by atoms with Gasteiger partial charge in [0, 0.05) is 12.1 Å². The largest absolute Gasteiger partial charge is 1.00 e. The van der Waals surface area contributed by atoms with Crippen molar-refractivity contribution in [3.8, 4) is 23.0 Å². The van der Waals surface area contributed by atoms with E-state index in [4.69, 9.17) is 14.2 Å². The number of nitro groups is 2. The van der Waals surface area contributed by atoms with Crippen LogP contribution in [-0.2, 0) is 0 Å². The number of benzene rings is 2. The summed E-state index contributed by atoms with van der Waals surface area (Å²) in [6.45, 7) is 0. The summed E-state index contributed by atoms with van der Waals surface area (Å²) in [7, 11) is 3.99. The van der Waals surface area contributed by atoms with Crippen molar-refractivity contribution in [2.75, 3.05) is 21.3 Å². The van der Waals surface area contributed by atoms with Gasteiger partial charge in [-0.1, -0.05) is 0 Å². The van der Waals surface area contributed by atoms with Gasteiger partial charge in [-0.3, -0.25) is 29.8 Å². The summed E-state index contributed by atoms with van der Waals surface area (Å²) in [5.41, 5.74) is -1.25. The molecule has 30 heavy (non-hydrogen) atoms. The maximum Gasteiger partial charge on any atom is 1.00 e. The van der Waals surface area contributed by atoms with E-state index in [1.165, 1.54) is 39.5 Å². The third kappa shape index (κ3) is 6.20. The monoisotopic (exact) mass is 447 g/mol. The van der Waals surface area contributed by atoms with E-state index in [1.807, 2.05) is 0 Å². The van der Waals surface area contributed by atoms with Crippen LogP contribution in [-0.4, -0.2) is 48.9 Å². The van der Waals surface area contributed by atoms with Crippen molar-refractivity contribution in [1.82, 2.24) is 0 Å². The number of nitrogens with zero attached hydrogens (tertiary/aromatic N) is 2. The number of hydrogen-bond acceptors (Lipinski definition) is 10. The van der Waals surface area contributed by atoms with E-state index in [-0.39, 0.29) is 91.7 Å². The Kier molecular flexibility index (Phi) is 11.8. The average molecular weight is 447 g/mol. The maximum atomic E-state index is 10.7. The van der Waals surface area contributed by atoms with Gasteiger partial charge in [0.2, 0.25) is 0 Å². The summed E-state index contributed by atoms with van der Waals surface area (Å²) in [4.78, 5) is 40.9. The van der Waals surface area contributed by atoms with Crippen LogP contribution in [0, 0.1) is 20.2 Å². The number of rotatable bonds is 7. The standard InChI is InChI=1S/C9H9NO5.C8H7NO5.K/c1-14-8-4-3-7(10(12)13)6(5-11)9(8)15-2;1-14-7-3-2-6(9(12)13)5(4-10)8(7)11;/h3-5H,1-2H3;2-4,11H,1H3;/q;;+1. The molecule has 0 fully saturated rings. The van der Waals surface area contributed by atoms with E-state index in [0.29, 0.717) is 6.29 Å². The van der Waals surface area contributed by atoms with Gasteiger partial charge in [0.15, 0.2) is 35.6 Å². The molecule has 0 spiro atoms. The molecule has 0 atom stereocenters. The van der Waals surface area contributed by atoms with Crippen molar-refractivity contribution in [3.05, 3.63) is 55.6 Å². The van der Waals surface area contributed by atoms with Crippen LogP contribution in [0.25, 0.3) is 0 Å². The molecule has 0 aliphatic carbocycles. The molecule has 0 amide bonds. The summed E-state index contributed by atoms with van der Waals surface area (Å²) >= 11 is 0. The fourth-order valence-corrected chi connectivity index (χ4v) is 2.23. The Balaban J connectivity index is 0.000000544. The predicted octanol–water partition coefficient (Wildman–Crippen LogP) is -0.450. The molecule has 0 aliphatic rings. The van der Waals surface area contributed by atoms with E-state index >= 15 is 0 Å². The molecule has 2 aromatic carbocycles. The average Bonchev–Trinajstić information content (AvgIpc) is 2.72. The third-order valence-electron chi connectivity index (χ3n) is 3.57. The van der Waals surface area contributed by atoms with E-state index in [0.717, 1.165) is 6.07 Å². The van der Waals surface area contributed by atoms with Crippen molar-refractivity contribution < 1.29 is 90.1 Å². The van der Waals surface area contributed by atoms with Crippen molar-refractivity contribution in [1.29, 1.82) is 0 Å². The molecule has 0 unspecified atom stereocenters.